The van der Waals surface area contributed by atoms with Gasteiger partial charge in [-0.2, -0.15) is 0 Å². The minimum Gasteiger partial charge on any atom is -0.493 e. The lowest BCUT2D eigenvalue weighted by molar-refractivity contribution is 0.0141. The summed E-state index contributed by atoms with van der Waals surface area (Å²) in [5.74, 6) is 1.03. The van der Waals surface area contributed by atoms with Gasteiger partial charge in [0.25, 0.3) is 5.91 Å². The first-order chi connectivity index (χ1) is 13.5. The Morgan fingerprint density at radius 1 is 1.10 bits per heavy atom. The van der Waals surface area contributed by atoms with Gasteiger partial charge in [0.2, 0.25) is 0 Å². The van der Waals surface area contributed by atoms with E-state index in [1.54, 1.807) is 21.9 Å². The second-order valence-electron chi connectivity index (χ2n) is 8.45. The molecular weight excluding hydrogens is 396 g/mol. The van der Waals surface area contributed by atoms with E-state index in [2.05, 4.69) is 0 Å². The summed E-state index contributed by atoms with van der Waals surface area (Å²) in [7, 11) is 1.52. The number of nitrogens with zero attached hydrogens (tertiary/aromatic N) is 2. The van der Waals surface area contributed by atoms with Crippen molar-refractivity contribution in [2.24, 2.45) is 5.92 Å². The third kappa shape index (κ3) is 6.42. The predicted octanol–water partition coefficient (Wildman–Crippen LogP) is 4.08. The topological polar surface area (TPSA) is 68.3 Å². The van der Waals surface area contributed by atoms with Crippen molar-refractivity contribution in [1.82, 2.24) is 9.80 Å². The summed E-state index contributed by atoms with van der Waals surface area (Å²) in [4.78, 5) is 28.4. The van der Waals surface area contributed by atoms with E-state index < -0.39 is 5.60 Å². The van der Waals surface area contributed by atoms with E-state index in [0.717, 1.165) is 0 Å². The Bertz CT molecular complexity index is 737. The minimum absolute atomic E-state index is 0.163. The Morgan fingerprint density at radius 2 is 1.69 bits per heavy atom. The Balaban J connectivity index is 2.06. The molecule has 1 aliphatic heterocycles. The van der Waals surface area contributed by atoms with Crippen LogP contribution >= 0.6 is 11.6 Å². The van der Waals surface area contributed by atoms with Gasteiger partial charge in [-0.15, -0.1) is 0 Å². The van der Waals surface area contributed by atoms with Gasteiger partial charge in [-0.05, 0) is 38.8 Å². The van der Waals surface area contributed by atoms with Gasteiger partial charge in [-0.1, -0.05) is 25.4 Å². The molecule has 0 aliphatic carbocycles. The molecule has 1 saturated heterocycles. The number of carbonyl (C=O) groups excluding carboxylic acids is 2. The normalized spacial score (nSPS) is 14.8. The van der Waals surface area contributed by atoms with Crippen molar-refractivity contribution in [2.75, 3.05) is 39.9 Å². The highest BCUT2D eigenvalue weighted by molar-refractivity contribution is 6.32. The minimum atomic E-state index is -0.545. The lowest BCUT2D eigenvalue weighted by atomic mass is 10.1. The number of methoxy groups -OCH3 is 1. The van der Waals surface area contributed by atoms with Gasteiger partial charge < -0.3 is 24.0 Å². The molecule has 0 saturated carbocycles. The molecule has 0 spiro atoms. The van der Waals surface area contributed by atoms with Gasteiger partial charge in [0.1, 0.15) is 5.60 Å². The van der Waals surface area contributed by atoms with Crippen molar-refractivity contribution in [2.45, 2.75) is 40.2 Å². The van der Waals surface area contributed by atoms with Crippen LogP contribution in [0.1, 0.15) is 45.0 Å². The molecule has 2 rings (SSSR count). The van der Waals surface area contributed by atoms with Crippen molar-refractivity contribution in [1.29, 1.82) is 0 Å². The molecule has 0 radical (unpaired) electrons. The zero-order valence-electron chi connectivity index (χ0n) is 18.1. The Hall–Kier alpha value is -2.15. The van der Waals surface area contributed by atoms with Gasteiger partial charge in [-0.3, -0.25) is 4.79 Å². The fraction of sp³-hybridized carbons (Fsp3) is 0.619. The highest BCUT2D eigenvalue weighted by atomic mass is 35.5. The summed E-state index contributed by atoms with van der Waals surface area (Å²) >= 11 is 6.36. The number of ether oxygens (including phenoxy) is 3. The van der Waals surface area contributed by atoms with Gasteiger partial charge in [0, 0.05) is 31.7 Å². The summed E-state index contributed by atoms with van der Waals surface area (Å²) < 4.78 is 16.5. The highest BCUT2D eigenvalue weighted by Crippen LogP contribution is 2.37. The van der Waals surface area contributed by atoms with E-state index in [-0.39, 0.29) is 12.0 Å². The molecule has 1 aromatic carbocycles. The summed E-state index contributed by atoms with van der Waals surface area (Å²) in [6.07, 6.45) is -0.360. The molecule has 1 aliphatic rings. The summed E-state index contributed by atoms with van der Waals surface area (Å²) in [5.41, 5.74) is -0.119. The molecule has 1 heterocycles. The van der Waals surface area contributed by atoms with Crippen LogP contribution in [0.3, 0.4) is 0 Å². The molecule has 0 N–H and O–H groups in total. The van der Waals surface area contributed by atoms with Gasteiger partial charge in [-0.25, -0.2) is 4.79 Å². The zero-order chi connectivity index (χ0) is 21.8. The summed E-state index contributed by atoms with van der Waals surface area (Å²) in [6.45, 7) is 11.7. The van der Waals surface area contributed by atoms with E-state index >= 15 is 0 Å². The van der Waals surface area contributed by atoms with E-state index in [0.29, 0.717) is 60.8 Å². The standard InChI is InChI=1S/C21H31ClN2O5/c1-14(2)13-28-18-16(22)11-15(12-17(18)27-6)19(25)23-7-9-24(10-8-23)20(26)29-21(3,4)5/h11-12,14H,7-10,13H2,1-6H3. The van der Waals surface area contributed by atoms with Gasteiger partial charge in [0.05, 0.1) is 18.7 Å². The van der Waals surface area contributed by atoms with Crippen LogP contribution < -0.4 is 9.47 Å². The maximum atomic E-state index is 12.9. The van der Waals surface area contributed by atoms with Crippen molar-refractivity contribution in [3.63, 3.8) is 0 Å². The van der Waals surface area contributed by atoms with Crippen LogP contribution in [0.5, 0.6) is 11.5 Å². The van der Waals surface area contributed by atoms with Crippen LogP contribution in [0.25, 0.3) is 0 Å². The summed E-state index contributed by atoms with van der Waals surface area (Å²) in [6, 6.07) is 3.24. The molecule has 0 unspecified atom stereocenters. The molecule has 2 amide bonds. The van der Waals surface area contributed by atoms with Crippen molar-refractivity contribution in [3.05, 3.63) is 22.7 Å². The molecule has 0 aromatic heterocycles. The highest BCUT2D eigenvalue weighted by Gasteiger charge is 2.29. The van der Waals surface area contributed by atoms with Crippen molar-refractivity contribution in [3.8, 4) is 11.5 Å². The average Bonchev–Trinajstić information content (AvgIpc) is 2.64. The number of carbonyl (C=O) groups is 2. The predicted molar refractivity (Wildman–Crippen MR) is 112 cm³/mol. The first kappa shape index (κ1) is 23.1. The number of hydrogen-bond donors (Lipinski definition) is 0. The molecule has 1 aromatic rings. The molecular formula is C21H31ClN2O5. The number of piperazine rings is 1. The van der Waals surface area contributed by atoms with Gasteiger partial charge >= 0.3 is 6.09 Å². The number of rotatable bonds is 5. The number of halogens is 1. The zero-order valence-corrected chi connectivity index (χ0v) is 18.8. The van der Waals surface area contributed by atoms with Crippen LogP contribution in [-0.2, 0) is 4.74 Å². The summed E-state index contributed by atoms with van der Waals surface area (Å²) in [5, 5.41) is 0.334. The van der Waals surface area contributed by atoms with E-state index in [1.165, 1.54) is 7.11 Å². The number of amides is 2. The van der Waals surface area contributed by atoms with E-state index in [4.69, 9.17) is 25.8 Å². The largest absolute Gasteiger partial charge is 0.493 e. The Morgan fingerprint density at radius 3 is 2.21 bits per heavy atom. The van der Waals surface area contributed by atoms with Crippen molar-refractivity contribution < 1.29 is 23.8 Å². The third-order valence-electron chi connectivity index (χ3n) is 4.26. The molecule has 162 valence electrons. The van der Waals surface area contributed by atoms with E-state index in [1.807, 2.05) is 34.6 Å². The molecule has 0 atom stereocenters. The van der Waals surface area contributed by atoms with Crippen LogP contribution in [0.15, 0.2) is 12.1 Å². The second kappa shape index (κ2) is 9.57. The van der Waals surface area contributed by atoms with Gasteiger partial charge in [0.15, 0.2) is 11.5 Å². The fourth-order valence-corrected chi connectivity index (χ4v) is 3.10. The van der Waals surface area contributed by atoms with Crippen LogP contribution in [0, 0.1) is 5.92 Å². The fourth-order valence-electron chi connectivity index (χ4n) is 2.83. The maximum Gasteiger partial charge on any atom is 0.410 e. The van der Waals surface area contributed by atoms with Crippen molar-refractivity contribution >= 4 is 23.6 Å². The van der Waals surface area contributed by atoms with Crippen LogP contribution in [-0.4, -0.2) is 67.3 Å². The third-order valence-corrected chi connectivity index (χ3v) is 4.54. The quantitative estimate of drug-likeness (QED) is 0.709. The molecule has 1 fully saturated rings. The van der Waals surface area contributed by atoms with E-state index in [9.17, 15) is 9.59 Å². The first-order valence-electron chi connectivity index (χ1n) is 9.79. The monoisotopic (exact) mass is 426 g/mol. The lowest BCUT2D eigenvalue weighted by Crippen LogP contribution is -2.51. The second-order valence-corrected chi connectivity index (χ2v) is 8.86. The SMILES string of the molecule is COc1cc(C(=O)N2CCN(C(=O)OC(C)(C)C)CC2)cc(Cl)c1OCC(C)C. The lowest BCUT2D eigenvalue weighted by Gasteiger charge is -2.35. The molecule has 29 heavy (non-hydrogen) atoms. The van der Waals surface area contributed by atoms with Crippen LogP contribution in [0.2, 0.25) is 5.02 Å². The smallest absolute Gasteiger partial charge is 0.410 e. The number of benzene rings is 1. The molecule has 7 nitrogen and oxygen atoms in total. The Labute approximate surface area is 177 Å². The molecule has 8 heteroatoms. The van der Waals surface area contributed by atoms with Crippen LogP contribution in [0.4, 0.5) is 4.79 Å². The average molecular weight is 427 g/mol. The molecule has 0 bridgehead atoms. The maximum absolute atomic E-state index is 12.9. The number of hydrogen-bond acceptors (Lipinski definition) is 5. The Kier molecular flexibility index (Phi) is 7.63. The first-order valence-corrected chi connectivity index (χ1v) is 10.2.